The summed E-state index contributed by atoms with van der Waals surface area (Å²) in [6.07, 6.45) is 2.93. The molecule has 1 N–H and O–H groups in total. The summed E-state index contributed by atoms with van der Waals surface area (Å²) in [4.78, 5) is 26.2. The number of carboxylic acid groups (broad SMARTS) is 1. The van der Waals surface area contributed by atoms with Crippen molar-refractivity contribution in [3.05, 3.63) is 0 Å². The molecule has 2 saturated heterocycles. The van der Waals surface area contributed by atoms with Crippen LogP contribution in [0.1, 0.15) is 25.7 Å². The van der Waals surface area contributed by atoms with E-state index in [2.05, 4.69) is 11.9 Å². The van der Waals surface area contributed by atoms with E-state index in [-0.39, 0.29) is 12.3 Å². The van der Waals surface area contributed by atoms with Gasteiger partial charge in [0.2, 0.25) is 5.91 Å². The molecule has 0 aromatic rings. The van der Waals surface area contributed by atoms with Crippen LogP contribution in [-0.2, 0) is 9.59 Å². The molecule has 2 aliphatic rings. The van der Waals surface area contributed by atoms with Gasteiger partial charge in [0.05, 0.1) is 0 Å². The van der Waals surface area contributed by atoms with Crippen LogP contribution in [0.25, 0.3) is 0 Å². The molecular formula is C11H18N2O3. The number of rotatable bonds is 2. The van der Waals surface area contributed by atoms with Gasteiger partial charge in [0.1, 0.15) is 6.42 Å². The van der Waals surface area contributed by atoms with Crippen molar-refractivity contribution in [3.8, 4) is 0 Å². The molecule has 0 aromatic heterocycles. The van der Waals surface area contributed by atoms with E-state index in [1.165, 1.54) is 6.42 Å². The predicted molar refractivity (Wildman–Crippen MR) is 58.0 cm³/mol. The molecule has 0 aliphatic carbocycles. The molecule has 2 bridgehead atoms. The lowest BCUT2D eigenvalue weighted by Gasteiger charge is -2.25. The third-order valence-electron chi connectivity index (χ3n) is 3.80. The Hall–Kier alpha value is -1.10. The van der Waals surface area contributed by atoms with Gasteiger partial charge < -0.3 is 10.0 Å². The molecule has 0 radical (unpaired) electrons. The highest BCUT2D eigenvalue weighted by Crippen LogP contribution is 2.28. The zero-order valence-electron chi connectivity index (χ0n) is 9.56. The van der Waals surface area contributed by atoms with Crippen LogP contribution in [0.4, 0.5) is 0 Å². The van der Waals surface area contributed by atoms with Crippen molar-refractivity contribution in [1.82, 2.24) is 9.80 Å². The Balaban J connectivity index is 1.98. The van der Waals surface area contributed by atoms with Crippen LogP contribution in [0.5, 0.6) is 0 Å². The Kier molecular flexibility index (Phi) is 3.14. The van der Waals surface area contributed by atoms with E-state index in [1.54, 1.807) is 4.90 Å². The first-order valence-electron chi connectivity index (χ1n) is 5.79. The summed E-state index contributed by atoms with van der Waals surface area (Å²) in [5.41, 5.74) is 0. The third kappa shape index (κ3) is 2.19. The summed E-state index contributed by atoms with van der Waals surface area (Å²) in [5, 5.41) is 8.61. The summed E-state index contributed by atoms with van der Waals surface area (Å²) in [5.74, 6) is -1.28. The molecule has 0 aromatic carbocycles. The minimum absolute atomic E-state index is 0.242. The van der Waals surface area contributed by atoms with Crippen LogP contribution in [0.15, 0.2) is 0 Å². The number of nitrogens with zero attached hydrogens (tertiary/aromatic N) is 2. The minimum atomic E-state index is -1.03. The maximum absolute atomic E-state index is 11.7. The average Bonchev–Trinajstić information content (AvgIpc) is 2.39. The number of carbonyl (C=O) groups excluding carboxylic acids is 1. The Morgan fingerprint density at radius 3 is 2.62 bits per heavy atom. The molecule has 5 nitrogen and oxygen atoms in total. The van der Waals surface area contributed by atoms with Crippen LogP contribution in [0.2, 0.25) is 0 Å². The zero-order valence-corrected chi connectivity index (χ0v) is 9.56. The van der Waals surface area contributed by atoms with E-state index in [4.69, 9.17) is 5.11 Å². The lowest BCUT2D eigenvalue weighted by atomic mass is 10.1. The quantitative estimate of drug-likeness (QED) is 0.681. The number of hydrogen-bond acceptors (Lipinski definition) is 3. The van der Waals surface area contributed by atoms with Gasteiger partial charge in [-0.2, -0.15) is 0 Å². The molecule has 2 fully saturated rings. The second-order valence-corrected chi connectivity index (χ2v) is 4.75. The second-order valence-electron chi connectivity index (χ2n) is 4.75. The summed E-state index contributed by atoms with van der Waals surface area (Å²) in [6, 6.07) is 0.998. The molecule has 90 valence electrons. The number of likely N-dealkylation sites (tertiary alicyclic amines) is 1. The summed E-state index contributed by atoms with van der Waals surface area (Å²) < 4.78 is 0. The molecule has 1 amide bonds. The summed E-state index contributed by atoms with van der Waals surface area (Å²) in [6.45, 7) is 1.40. The zero-order chi connectivity index (χ0) is 11.7. The van der Waals surface area contributed by atoms with Crippen molar-refractivity contribution in [3.63, 3.8) is 0 Å². The van der Waals surface area contributed by atoms with E-state index >= 15 is 0 Å². The van der Waals surface area contributed by atoms with Gasteiger partial charge in [-0.3, -0.25) is 14.5 Å². The summed E-state index contributed by atoms with van der Waals surface area (Å²) >= 11 is 0. The first-order chi connectivity index (χ1) is 7.58. The van der Waals surface area contributed by atoms with Gasteiger partial charge in [-0.25, -0.2) is 0 Å². The van der Waals surface area contributed by atoms with Crippen LogP contribution in [-0.4, -0.2) is 59.0 Å². The van der Waals surface area contributed by atoms with E-state index in [9.17, 15) is 9.59 Å². The highest BCUT2D eigenvalue weighted by atomic mass is 16.4. The van der Waals surface area contributed by atoms with Gasteiger partial charge in [0.25, 0.3) is 0 Å². The summed E-state index contributed by atoms with van der Waals surface area (Å²) in [7, 11) is 2.10. The Morgan fingerprint density at radius 2 is 1.94 bits per heavy atom. The smallest absolute Gasteiger partial charge is 0.312 e. The van der Waals surface area contributed by atoms with E-state index in [1.807, 2.05) is 0 Å². The molecule has 0 saturated carbocycles. The largest absolute Gasteiger partial charge is 0.481 e. The van der Waals surface area contributed by atoms with Crippen LogP contribution in [0.3, 0.4) is 0 Å². The lowest BCUT2D eigenvalue weighted by molar-refractivity contribution is -0.144. The SMILES string of the molecule is CN1C2CCC1CN(C(=O)CC(=O)O)CC2. The van der Waals surface area contributed by atoms with Gasteiger partial charge >= 0.3 is 5.97 Å². The van der Waals surface area contributed by atoms with Crippen LogP contribution < -0.4 is 0 Å². The topological polar surface area (TPSA) is 60.9 Å². The molecule has 2 aliphatic heterocycles. The first-order valence-corrected chi connectivity index (χ1v) is 5.79. The lowest BCUT2D eigenvalue weighted by Crippen LogP contribution is -2.40. The number of likely N-dealkylation sites (N-methyl/N-ethyl adjacent to an activating group) is 1. The van der Waals surface area contributed by atoms with Gasteiger partial charge in [0.15, 0.2) is 0 Å². The number of fused-ring (bicyclic) bond motifs is 2. The second kappa shape index (κ2) is 4.41. The van der Waals surface area contributed by atoms with Crippen molar-refractivity contribution < 1.29 is 14.7 Å². The van der Waals surface area contributed by atoms with E-state index in [0.29, 0.717) is 25.2 Å². The first kappa shape index (κ1) is 11.4. The highest BCUT2D eigenvalue weighted by Gasteiger charge is 2.36. The predicted octanol–water partition coefficient (Wildman–Crippen LogP) is 0.156. The van der Waals surface area contributed by atoms with Crippen molar-refractivity contribution in [1.29, 1.82) is 0 Å². The molecule has 16 heavy (non-hydrogen) atoms. The molecule has 2 heterocycles. The minimum Gasteiger partial charge on any atom is -0.481 e. The van der Waals surface area contributed by atoms with Gasteiger partial charge in [-0.05, 0) is 26.3 Å². The standard InChI is InChI=1S/C11H18N2O3/c1-12-8-2-3-9(12)7-13(5-4-8)10(14)6-11(15)16/h8-9H,2-7H2,1H3,(H,15,16). The Bertz CT molecular complexity index is 306. The fraction of sp³-hybridized carbons (Fsp3) is 0.818. The van der Waals surface area contributed by atoms with Gasteiger partial charge in [-0.1, -0.05) is 0 Å². The van der Waals surface area contributed by atoms with Crippen molar-refractivity contribution >= 4 is 11.9 Å². The fourth-order valence-corrected chi connectivity index (χ4v) is 2.78. The van der Waals surface area contributed by atoms with Crippen molar-refractivity contribution in [2.24, 2.45) is 0 Å². The van der Waals surface area contributed by atoms with Gasteiger partial charge in [0, 0.05) is 25.2 Å². The number of carbonyl (C=O) groups is 2. The molecule has 2 unspecified atom stereocenters. The molecule has 2 atom stereocenters. The molecular weight excluding hydrogens is 208 g/mol. The fourth-order valence-electron chi connectivity index (χ4n) is 2.78. The maximum atomic E-state index is 11.7. The van der Waals surface area contributed by atoms with Crippen molar-refractivity contribution in [2.75, 3.05) is 20.1 Å². The number of aliphatic carboxylic acids is 1. The van der Waals surface area contributed by atoms with Crippen LogP contribution in [0, 0.1) is 0 Å². The monoisotopic (exact) mass is 226 g/mol. The Labute approximate surface area is 95.0 Å². The molecule has 0 spiro atoms. The third-order valence-corrected chi connectivity index (χ3v) is 3.80. The average molecular weight is 226 g/mol. The maximum Gasteiger partial charge on any atom is 0.312 e. The highest BCUT2D eigenvalue weighted by molar-refractivity contribution is 5.93. The van der Waals surface area contributed by atoms with E-state index < -0.39 is 5.97 Å². The number of carboxylic acids is 1. The van der Waals surface area contributed by atoms with Gasteiger partial charge in [-0.15, -0.1) is 0 Å². The number of amides is 1. The number of hydrogen-bond donors (Lipinski definition) is 1. The normalized spacial score (nSPS) is 30.2. The van der Waals surface area contributed by atoms with Crippen LogP contribution >= 0.6 is 0 Å². The Morgan fingerprint density at radius 1 is 1.25 bits per heavy atom. The van der Waals surface area contributed by atoms with E-state index in [0.717, 1.165) is 12.8 Å². The molecule has 5 heteroatoms. The molecule has 2 rings (SSSR count). The van der Waals surface area contributed by atoms with Crippen molar-refractivity contribution in [2.45, 2.75) is 37.8 Å².